The third-order valence-corrected chi connectivity index (χ3v) is 2.57. The minimum Gasteiger partial charge on any atom is -0.497 e. The Balaban J connectivity index is 2.78. The molecule has 0 aliphatic carbocycles. The highest BCUT2D eigenvalue weighted by atomic mass is 35.5. The first-order valence-corrected chi connectivity index (χ1v) is 6.39. The molecular formula is C14H20ClNO2. The van der Waals surface area contributed by atoms with Gasteiger partial charge in [-0.25, -0.2) is 0 Å². The Morgan fingerprint density at radius 3 is 2.78 bits per heavy atom. The van der Waals surface area contributed by atoms with Crippen molar-refractivity contribution < 1.29 is 9.47 Å². The summed E-state index contributed by atoms with van der Waals surface area (Å²) in [5.41, 5.74) is 2.53. The summed E-state index contributed by atoms with van der Waals surface area (Å²) in [5, 5.41) is 3.36. The maximum atomic E-state index is 5.64. The largest absolute Gasteiger partial charge is 0.497 e. The number of ether oxygens (including phenoxy) is 2. The molecule has 0 amide bonds. The molecular weight excluding hydrogens is 250 g/mol. The Kier molecular flexibility index (Phi) is 6.61. The molecule has 0 aliphatic rings. The average Bonchev–Trinajstić information content (AvgIpc) is 2.37. The molecule has 0 radical (unpaired) electrons. The van der Waals surface area contributed by atoms with Crippen molar-refractivity contribution in [2.75, 3.05) is 13.7 Å². The molecule has 0 atom stereocenters. The molecule has 0 spiro atoms. The summed E-state index contributed by atoms with van der Waals surface area (Å²) in [5.74, 6) is 1.68. The summed E-state index contributed by atoms with van der Waals surface area (Å²) in [7, 11) is 1.66. The van der Waals surface area contributed by atoms with E-state index in [0.29, 0.717) is 12.6 Å². The molecule has 0 saturated carbocycles. The van der Waals surface area contributed by atoms with Crippen LogP contribution in [0.1, 0.15) is 19.4 Å². The monoisotopic (exact) mass is 269 g/mol. The van der Waals surface area contributed by atoms with Gasteiger partial charge in [0.15, 0.2) is 0 Å². The first kappa shape index (κ1) is 14.9. The van der Waals surface area contributed by atoms with Crippen molar-refractivity contribution in [2.24, 2.45) is 0 Å². The van der Waals surface area contributed by atoms with Crippen LogP contribution in [-0.4, -0.2) is 19.8 Å². The molecule has 0 saturated heterocycles. The van der Waals surface area contributed by atoms with Crippen molar-refractivity contribution in [1.82, 2.24) is 5.32 Å². The second kappa shape index (κ2) is 8.01. The molecule has 0 bridgehead atoms. The Morgan fingerprint density at radius 1 is 1.39 bits per heavy atom. The fourth-order valence-electron chi connectivity index (χ4n) is 1.45. The molecule has 0 heterocycles. The Bertz CT molecular complexity index is 391. The molecule has 1 N–H and O–H groups in total. The van der Waals surface area contributed by atoms with E-state index in [1.807, 2.05) is 18.2 Å². The quantitative estimate of drug-likeness (QED) is 0.824. The van der Waals surface area contributed by atoms with Crippen LogP contribution in [-0.2, 0) is 6.54 Å². The standard InChI is InChI=1S/C14H20ClNO2/c1-11(2)16-10-12-9-13(17-3)5-6-14(12)18-8-4-7-15/h4-7,9,11,16H,8,10H2,1-3H3/b7-4+. The van der Waals surface area contributed by atoms with Gasteiger partial charge in [-0.15, -0.1) is 0 Å². The van der Waals surface area contributed by atoms with Gasteiger partial charge in [-0.3, -0.25) is 0 Å². The number of hydrogen-bond donors (Lipinski definition) is 1. The maximum Gasteiger partial charge on any atom is 0.124 e. The number of halogens is 1. The van der Waals surface area contributed by atoms with Crippen molar-refractivity contribution in [3.8, 4) is 11.5 Å². The van der Waals surface area contributed by atoms with Crippen LogP contribution in [0.15, 0.2) is 29.8 Å². The predicted octanol–water partition coefficient (Wildman–Crippen LogP) is 3.32. The fourth-order valence-corrected chi connectivity index (χ4v) is 1.52. The van der Waals surface area contributed by atoms with Gasteiger partial charge in [-0.1, -0.05) is 25.4 Å². The summed E-state index contributed by atoms with van der Waals surface area (Å²) in [4.78, 5) is 0. The van der Waals surface area contributed by atoms with Crippen molar-refractivity contribution in [1.29, 1.82) is 0 Å². The first-order valence-electron chi connectivity index (χ1n) is 5.95. The lowest BCUT2D eigenvalue weighted by Gasteiger charge is -2.14. The van der Waals surface area contributed by atoms with Gasteiger partial charge < -0.3 is 14.8 Å². The van der Waals surface area contributed by atoms with E-state index < -0.39 is 0 Å². The van der Waals surface area contributed by atoms with Crippen LogP contribution in [0.3, 0.4) is 0 Å². The van der Waals surface area contributed by atoms with Gasteiger partial charge in [0.1, 0.15) is 18.1 Å². The Morgan fingerprint density at radius 2 is 2.17 bits per heavy atom. The molecule has 1 rings (SSSR count). The molecule has 0 fully saturated rings. The van der Waals surface area contributed by atoms with Gasteiger partial charge in [0.05, 0.1) is 7.11 Å². The second-order valence-electron chi connectivity index (χ2n) is 4.18. The van der Waals surface area contributed by atoms with Crippen LogP contribution < -0.4 is 14.8 Å². The molecule has 4 heteroatoms. The van der Waals surface area contributed by atoms with Gasteiger partial charge in [0, 0.05) is 23.7 Å². The lowest BCUT2D eigenvalue weighted by Crippen LogP contribution is -2.22. The van der Waals surface area contributed by atoms with E-state index in [0.717, 1.165) is 23.6 Å². The SMILES string of the molecule is COc1ccc(OC/C=C/Cl)c(CNC(C)C)c1. The number of hydrogen-bond acceptors (Lipinski definition) is 3. The van der Waals surface area contributed by atoms with E-state index in [1.165, 1.54) is 5.54 Å². The maximum absolute atomic E-state index is 5.64. The van der Waals surface area contributed by atoms with E-state index >= 15 is 0 Å². The predicted molar refractivity (Wildman–Crippen MR) is 75.5 cm³/mol. The van der Waals surface area contributed by atoms with Crippen molar-refractivity contribution in [3.05, 3.63) is 35.4 Å². The van der Waals surface area contributed by atoms with Gasteiger partial charge in [-0.2, -0.15) is 0 Å². The molecule has 0 aromatic heterocycles. The number of benzene rings is 1. The Hall–Kier alpha value is -1.19. The smallest absolute Gasteiger partial charge is 0.124 e. The Labute approximate surface area is 114 Å². The highest BCUT2D eigenvalue weighted by Gasteiger charge is 2.06. The lowest BCUT2D eigenvalue weighted by atomic mass is 10.1. The van der Waals surface area contributed by atoms with Gasteiger partial charge >= 0.3 is 0 Å². The molecule has 100 valence electrons. The summed E-state index contributed by atoms with van der Waals surface area (Å²) in [6.45, 7) is 5.42. The third-order valence-electron chi connectivity index (χ3n) is 2.39. The van der Waals surface area contributed by atoms with Crippen molar-refractivity contribution >= 4 is 11.6 Å². The van der Waals surface area contributed by atoms with E-state index in [9.17, 15) is 0 Å². The van der Waals surface area contributed by atoms with Gasteiger partial charge in [0.2, 0.25) is 0 Å². The summed E-state index contributed by atoms with van der Waals surface area (Å²) in [6.07, 6.45) is 1.76. The second-order valence-corrected chi connectivity index (χ2v) is 4.43. The summed E-state index contributed by atoms with van der Waals surface area (Å²) in [6, 6.07) is 6.21. The highest BCUT2D eigenvalue weighted by Crippen LogP contribution is 2.24. The van der Waals surface area contributed by atoms with E-state index in [1.54, 1.807) is 13.2 Å². The first-order chi connectivity index (χ1) is 8.67. The number of methoxy groups -OCH3 is 1. The van der Waals surface area contributed by atoms with Crippen LogP contribution in [0.25, 0.3) is 0 Å². The number of nitrogens with one attached hydrogen (secondary N) is 1. The average molecular weight is 270 g/mol. The summed E-state index contributed by atoms with van der Waals surface area (Å²) < 4.78 is 10.9. The molecule has 1 aromatic rings. The molecule has 0 aliphatic heterocycles. The topological polar surface area (TPSA) is 30.5 Å². The zero-order valence-electron chi connectivity index (χ0n) is 11.1. The van der Waals surface area contributed by atoms with Crippen LogP contribution in [0.4, 0.5) is 0 Å². The lowest BCUT2D eigenvalue weighted by molar-refractivity contribution is 0.354. The molecule has 18 heavy (non-hydrogen) atoms. The third kappa shape index (κ3) is 4.98. The number of rotatable bonds is 7. The van der Waals surface area contributed by atoms with Crippen molar-refractivity contribution in [2.45, 2.75) is 26.4 Å². The molecule has 1 aromatic carbocycles. The molecule has 0 unspecified atom stereocenters. The van der Waals surface area contributed by atoms with Gasteiger partial charge in [0.25, 0.3) is 0 Å². The van der Waals surface area contributed by atoms with Crippen LogP contribution in [0.2, 0.25) is 0 Å². The summed E-state index contributed by atoms with van der Waals surface area (Å²) >= 11 is 5.47. The van der Waals surface area contributed by atoms with Crippen LogP contribution in [0, 0.1) is 0 Å². The normalized spacial score (nSPS) is 11.2. The fraction of sp³-hybridized carbons (Fsp3) is 0.429. The van der Waals surface area contributed by atoms with Crippen LogP contribution >= 0.6 is 11.6 Å². The minimum atomic E-state index is 0.423. The van der Waals surface area contributed by atoms with E-state index in [-0.39, 0.29) is 0 Å². The zero-order chi connectivity index (χ0) is 13.4. The van der Waals surface area contributed by atoms with Gasteiger partial charge in [-0.05, 0) is 24.3 Å². The highest BCUT2D eigenvalue weighted by molar-refractivity contribution is 6.25. The molecule has 3 nitrogen and oxygen atoms in total. The van der Waals surface area contributed by atoms with Crippen LogP contribution in [0.5, 0.6) is 11.5 Å². The van der Waals surface area contributed by atoms with Crippen molar-refractivity contribution in [3.63, 3.8) is 0 Å². The minimum absolute atomic E-state index is 0.423. The zero-order valence-corrected chi connectivity index (χ0v) is 11.8. The van der Waals surface area contributed by atoms with E-state index in [2.05, 4.69) is 19.2 Å². The van der Waals surface area contributed by atoms with E-state index in [4.69, 9.17) is 21.1 Å².